The molecule has 22 heavy (non-hydrogen) atoms. The van der Waals surface area contributed by atoms with E-state index in [9.17, 15) is 13.2 Å². The van der Waals surface area contributed by atoms with Crippen LogP contribution in [0.15, 0.2) is 40.2 Å². The molecule has 9 heteroatoms. The average Bonchev–Trinajstić information content (AvgIpc) is 2.86. The summed E-state index contributed by atoms with van der Waals surface area (Å²) in [6, 6.07) is 6.21. The van der Waals surface area contributed by atoms with Crippen LogP contribution in [-0.4, -0.2) is 28.4 Å². The average molecular weight is 320 g/mol. The molecule has 0 radical (unpaired) electrons. The van der Waals surface area contributed by atoms with E-state index in [2.05, 4.69) is 15.3 Å². The summed E-state index contributed by atoms with van der Waals surface area (Å²) in [6.45, 7) is 1.85. The highest BCUT2D eigenvalue weighted by molar-refractivity contribution is 7.87. The summed E-state index contributed by atoms with van der Waals surface area (Å²) in [5.41, 5.74) is 0.634. The Morgan fingerprint density at radius 1 is 1.23 bits per heavy atom. The van der Waals surface area contributed by atoms with Crippen molar-refractivity contribution in [1.82, 2.24) is 20.0 Å². The van der Waals surface area contributed by atoms with Crippen LogP contribution in [0.5, 0.6) is 5.88 Å². The third-order valence-corrected chi connectivity index (χ3v) is 4.37. The van der Waals surface area contributed by atoms with Gasteiger partial charge in [-0.05, 0) is 19.1 Å². The summed E-state index contributed by atoms with van der Waals surface area (Å²) in [5, 5.41) is 9.99. The first-order valence-electron chi connectivity index (χ1n) is 6.30. The van der Waals surface area contributed by atoms with Crippen LogP contribution in [0.25, 0.3) is 10.9 Å². The van der Waals surface area contributed by atoms with Crippen molar-refractivity contribution in [3.63, 3.8) is 0 Å². The summed E-state index contributed by atoms with van der Waals surface area (Å²) in [4.78, 5) is 11.7. The Kier molecular flexibility index (Phi) is 3.21. The van der Waals surface area contributed by atoms with Gasteiger partial charge < -0.3 is 4.18 Å². The lowest BCUT2D eigenvalue weighted by Gasteiger charge is -2.06. The number of hydrogen-bond donors (Lipinski definition) is 1. The van der Waals surface area contributed by atoms with Crippen LogP contribution in [-0.2, 0) is 17.2 Å². The van der Waals surface area contributed by atoms with Gasteiger partial charge in [-0.3, -0.25) is 9.48 Å². The predicted octanol–water partition coefficient (Wildman–Crippen LogP) is 0.733. The van der Waals surface area contributed by atoms with E-state index < -0.39 is 15.7 Å². The predicted molar refractivity (Wildman–Crippen MR) is 78.1 cm³/mol. The van der Waals surface area contributed by atoms with Crippen molar-refractivity contribution in [3.8, 4) is 5.88 Å². The van der Waals surface area contributed by atoms with Crippen LogP contribution < -0.4 is 9.74 Å². The molecular weight excluding hydrogens is 308 g/mol. The molecule has 114 valence electrons. The molecule has 2 aromatic heterocycles. The van der Waals surface area contributed by atoms with E-state index in [4.69, 9.17) is 4.18 Å². The molecule has 0 bridgehead atoms. The molecular formula is C13H12N4O4S. The van der Waals surface area contributed by atoms with E-state index in [0.717, 1.165) is 5.56 Å². The lowest BCUT2D eigenvalue weighted by Crippen LogP contribution is -2.16. The van der Waals surface area contributed by atoms with Gasteiger partial charge in [-0.2, -0.15) is 13.5 Å². The maximum absolute atomic E-state index is 12.3. The Balaban J connectivity index is 2.08. The first-order chi connectivity index (χ1) is 10.4. The van der Waals surface area contributed by atoms with Crippen LogP contribution in [0.3, 0.4) is 0 Å². The number of fused-ring (bicyclic) bond motifs is 1. The highest BCUT2D eigenvalue weighted by atomic mass is 32.2. The summed E-state index contributed by atoms with van der Waals surface area (Å²) in [6.07, 6.45) is 1.33. The molecule has 8 nitrogen and oxygen atoms in total. The van der Waals surface area contributed by atoms with E-state index in [1.165, 1.54) is 23.0 Å². The topological polar surface area (TPSA) is 107 Å². The molecule has 0 spiro atoms. The molecule has 0 unspecified atom stereocenters. The van der Waals surface area contributed by atoms with Crippen molar-refractivity contribution in [2.24, 2.45) is 7.05 Å². The first-order valence-corrected chi connectivity index (χ1v) is 7.71. The molecule has 2 heterocycles. The molecule has 1 aromatic carbocycles. The van der Waals surface area contributed by atoms with Gasteiger partial charge >= 0.3 is 10.1 Å². The van der Waals surface area contributed by atoms with Gasteiger partial charge in [0.1, 0.15) is 10.4 Å². The van der Waals surface area contributed by atoms with Gasteiger partial charge in [-0.15, -0.1) is 5.10 Å². The zero-order chi connectivity index (χ0) is 15.9. The highest BCUT2D eigenvalue weighted by Crippen LogP contribution is 2.23. The fraction of sp³-hybridized carbons (Fsp3) is 0.154. The van der Waals surface area contributed by atoms with Crippen LogP contribution in [0.2, 0.25) is 0 Å². The molecule has 1 N–H and O–H groups in total. The standard InChI is InChI=1S/C13H12N4O4S/c1-8-3-5-9(6-4-8)22(19,20)21-13-10-7-14-17(2)11(10)12(18)15-16-13/h3-7H,1-2H3,(H,15,18). The quantitative estimate of drug-likeness (QED) is 0.713. The maximum atomic E-state index is 12.3. The number of aromatic amines is 1. The minimum atomic E-state index is -4.05. The van der Waals surface area contributed by atoms with Gasteiger partial charge in [0, 0.05) is 7.05 Å². The SMILES string of the molecule is Cc1ccc(S(=O)(=O)Oc2n[nH]c(=O)c3c2cnn3C)cc1. The van der Waals surface area contributed by atoms with Crippen LogP contribution >= 0.6 is 0 Å². The monoisotopic (exact) mass is 320 g/mol. The molecule has 0 saturated carbocycles. The maximum Gasteiger partial charge on any atom is 0.340 e. The van der Waals surface area contributed by atoms with E-state index in [1.54, 1.807) is 19.2 Å². The van der Waals surface area contributed by atoms with Crippen molar-refractivity contribution >= 4 is 21.0 Å². The third kappa shape index (κ3) is 2.35. The minimum absolute atomic E-state index is 0.00291. The number of hydrogen-bond acceptors (Lipinski definition) is 6. The second kappa shape index (κ2) is 4.95. The zero-order valence-electron chi connectivity index (χ0n) is 11.8. The Bertz CT molecular complexity index is 1000. The Morgan fingerprint density at radius 2 is 1.91 bits per heavy atom. The second-order valence-corrected chi connectivity index (χ2v) is 6.29. The number of nitrogens with one attached hydrogen (secondary N) is 1. The van der Waals surface area contributed by atoms with Crippen molar-refractivity contribution in [3.05, 3.63) is 46.4 Å². The number of nitrogens with zero attached hydrogens (tertiary/aromatic N) is 3. The molecule has 3 aromatic rings. The second-order valence-electron chi connectivity index (χ2n) is 4.74. The molecule has 0 aliphatic rings. The Labute approximate surface area is 125 Å². The fourth-order valence-electron chi connectivity index (χ4n) is 2.00. The van der Waals surface area contributed by atoms with Crippen molar-refractivity contribution in [2.75, 3.05) is 0 Å². The Morgan fingerprint density at radius 3 is 2.59 bits per heavy atom. The fourth-order valence-corrected chi connectivity index (χ4v) is 2.90. The largest absolute Gasteiger partial charge is 0.356 e. The highest BCUT2D eigenvalue weighted by Gasteiger charge is 2.21. The molecule has 0 fully saturated rings. The lowest BCUT2D eigenvalue weighted by molar-refractivity contribution is 0.475. The van der Waals surface area contributed by atoms with Crippen molar-refractivity contribution in [1.29, 1.82) is 0 Å². The van der Waals surface area contributed by atoms with E-state index in [1.807, 2.05) is 6.92 Å². The van der Waals surface area contributed by atoms with Crippen LogP contribution in [0, 0.1) is 6.92 Å². The third-order valence-electron chi connectivity index (χ3n) is 3.14. The number of benzene rings is 1. The molecule has 0 atom stereocenters. The smallest absolute Gasteiger partial charge is 0.340 e. The lowest BCUT2D eigenvalue weighted by atomic mass is 10.2. The molecule has 0 saturated heterocycles. The van der Waals surface area contributed by atoms with E-state index >= 15 is 0 Å². The summed E-state index contributed by atoms with van der Waals surface area (Å²) in [7, 11) is -2.48. The van der Waals surface area contributed by atoms with Gasteiger partial charge in [0.2, 0.25) is 0 Å². The summed E-state index contributed by atoms with van der Waals surface area (Å²) in [5.74, 6) is -0.219. The molecule has 3 rings (SSSR count). The van der Waals surface area contributed by atoms with Crippen molar-refractivity contribution < 1.29 is 12.6 Å². The van der Waals surface area contributed by atoms with Gasteiger partial charge in [-0.1, -0.05) is 17.7 Å². The number of aromatic nitrogens is 4. The number of rotatable bonds is 3. The number of H-pyrrole nitrogens is 1. The van der Waals surface area contributed by atoms with Gasteiger partial charge in [0.25, 0.3) is 11.4 Å². The van der Waals surface area contributed by atoms with Gasteiger partial charge in [-0.25, -0.2) is 5.10 Å². The van der Waals surface area contributed by atoms with E-state index in [-0.39, 0.29) is 21.7 Å². The Hall–Kier alpha value is -2.68. The summed E-state index contributed by atoms with van der Waals surface area (Å²) >= 11 is 0. The van der Waals surface area contributed by atoms with Crippen molar-refractivity contribution in [2.45, 2.75) is 11.8 Å². The van der Waals surface area contributed by atoms with Crippen LogP contribution in [0.4, 0.5) is 0 Å². The minimum Gasteiger partial charge on any atom is -0.356 e. The van der Waals surface area contributed by atoms with Gasteiger partial charge in [0.05, 0.1) is 11.6 Å². The molecule has 0 amide bonds. The van der Waals surface area contributed by atoms with E-state index in [0.29, 0.717) is 0 Å². The molecule has 0 aliphatic heterocycles. The number of aryl methyl sites for hydroxylation is 2. The first kappa shape index (κ1) is 14.3. The zero-order valence-corrected chi connectivity index (χ0v) is 12.6. The normalized spacial score (nSPS) is 11.7. The molecule has 0 aliphatic carbocycles. The van der Waals surface area contributed by atoms with Crippen LogP contribution in [0.1, 0.15) is 5.56 Å². The summed E-state index contributed by atoms with van der Waals surface area (Å²) < 4.78 is 30.9. The van der Waals surface area contributed by atoms with Gasteiger partial charge in [0.15, 0.2) is 0 Å².